The summed E-state index contributed by atoms with van der Waals surface area (Å²) in [5.74, 6) is -4.85. The van der Waals surface area contributed by atoms with Crippen LogP contribution >= 0.6 is 0 Å². The zero-order valence-corrected chi connectivity index (χ0v) is 35.1. The molecule has 332 valence electrons. The molecule has 2 saturated heterocycles. The third-order valence-corrected chi connectivity index (χ3v) is 14.1. The smallest absolute Gasteiger partial charge is 0.282 e. The van der Waals surface area contributed by atoms with E-state index in [-0.39, 0.29) is 49.1 Å². The predicted molar refractivity (Wildman–Crippen MR) is 231 cm³/mol. The number of carbonyl (C=O) groups excluding carboxylic acids is 2. The Kier molecular flexibility index (Phi) is 8.78. The van der Waals surface area contributed by atoms with Crippen LogP contribution in [0.5, 0.6) is 0 Å². The van der Waals surface area contributed by atoms with Crippen molar-refractivity contribution in [1.29, 1.82) is 0 Å². The minimum Gasteiger partial charge on any atom is -0.357 e. The summed E-state index contributed by atoms with van der Waals surface area (Å²) in [5, 5.41) is 8.88. The highest BCUT2D eigenvalue weighted by Gasteiger charge is 2.51. The molecule has 2 spiro atoms. The first-order chi connectivity index (χ1) is 31.2. The van der Waals surface area contributed by atoms with Crippen molar-refractivity contribution in [2.45, 2.75) is 87.1 Å². The summed E-state index contributed by atoms with van der Waals surface area (Å²) in [6.07, 6.45) is 16.3. The normalized spacial score (nSPS) is 20.8. The van der Waals surface area contributed by atoms with Crippen LogP contribution < -0.4 is 20.9 Å². The molecular formula is C48H43F5N10O2. The molecule has 4 aliphatic heterocycles. The second-order valence-electron chi connectivity index (χ2n) is 18.9. The highest BCUT2D eigenvalue weighted by Crippen LogP contribution is 2.47. The molecule has 4 fully saturated rings. The molecule has 0 bridgehead atoms. The molecule has 6 aromatic rings. The van der Waals surface area contributed by atoms with Gasteiger partial charge in [0.15, 0.2) is 0 Å². The van der Waals surface area contributed by atoms with Gasteiger partial charge in [-0.25, -0.2) is 27.5 Å². The van der Waals surface area contributed by atoms with Gasteiger partial charge in [-0.15, -0.1) is 0 Å². The lowest BCUT2D eigenvalue weighted by Gasteiger charge is -2.39. The number of nitrogens with zero attached hydrogens (tertiary/aromatic N) is 5. The number of nitrogens with one attached hydrogen (secondary N) is 5. The molecule has 65 heavy (non-hydrogen) atoms. The maximum Gasteiger partial charge on any atom is 0.282 e. The third-order valence-electron chi connectivity index (χ3n) is 14.1. The van der Waals surface area contributed by atoms with Gasteiger partial charge < -0.3 is 30.8 Å². The van der Waals surface area contributed by atoms with Crippen LogP contribution in [-0.2, 0) is 38.5 Å². The number of aryl methyl sites for hydroxylation is 2. The van der Waals surface area contributed by atoms with E-state index in [0.29, 0.717) is 5.82 Å². The molecule has 2 amide bonds. The number of halogens is 5. The van der Waals surface area contributed by atoms with Gasteiger partial charge in [0.25, 0.3) is 23.7 Å². The van der Waals surface area contributed by atoms with E-state index >= 15 is 0 Å². The lowest BCUT2D eigenvalue weighted by atomic mass is 9.87. The second kappa shape index (κ2) is 14.3. The van der Waals surface area contributed by atoms with E-state index in [0.717, 1.165) is 148 Å². The summed E-state index contributed by atoms with van der Waals surface area (Å²) in [5.41, 5.74) is 15.7. The van der Waals surface area contributed by atoms with Gasteiger partial charge in [-0.05, 0) is 110 Å². The van der Waals surface area contributed by atoms with E-state index in [1.54, 1.807) is 23.2 Å². The highest BCUT2D eigenvalue weighted by atomic mass is 19.3. The minimum atomic E-state index is -2.62. The standard InChI is InChI=1S/C24H21F2N5O.C21H17FN4O.C3H5F2N/c25-24(26)11-31(12-24)19-4-2-14(10-28-19)17-7-16-13(9-27-17)1-3-15-20-18(29-21(15)16)8-23(5-6-23)30-22(20)32;22-17-4-2-12(10-24-17)15-7-14-11(9-23-15)1-3-13-18-16(25-19(13)14)8-21(5-6-21)26-20(18)27;4-3(5)1-6-2-3/h2,4,7,9-10,29H,1,3,5-6,8,11-12H2,(H,30,32);2,4,7,9-10,25H,1,3,5-6,8H2,(H,26,27);6H,1-2H2. The molecule has 0 unspecified atom stereocenters. The Hall–Kier alpha value is -6.49. The molecule has 0 aromatic carbocycles. The van der Waals surface area contributed by atoms with Crippen molar-refractivity contribution in [3.05, 3.63) is 112 Å². The SMILES string of the molecule is FC1(F)CNC1.O=C1NC2(CC2)Cc2[nH]c3c(c21)CCc1cnc(-c2ccc(F)nc2)cc1-3.O=C1NC2(CC2)Cc2[nH]c3c(c21)CCc1cnc(-c2ccc(N4CC(F)(F)C4)nc2)cc1-3. The van der Waals surface area contributed by atoms with Crippen LogP contribution in [0.25, 0.3) is 45.0 Å². The van der Waals surface area contributed by atoms with E-state index in [1.165, 1.54) is 17.8 Å². The highest BCUT2D eigenvalue weighted by molar-refractivity contribution is 6.02. The Balaban J connectivity index is 0.000000122. The fraction of sp³-hybridized carbons (Fsp3) is 0.375. The summed E-state index contributed by atoms with van der Waals surface area (Å²) in [6.45, 7) is -0.836. The molecule has 2 saturated carbocycles. The monoisotopic (exact) mass is 886 g/mol. The van der Waals surface area contributed by atoms with Crippen LogP contribution in [0.2, 0.25) is 0 Å². The van der Waals surface area contributed by atoms with Crippen molar-refractivity contribution in [2.24, 2.45) is 0 Å². The lowest BCUT2D eigenvalue weighted by Crippen LogP contribution is -2.56. The summed E-state index contributed by atoms with van der Waals surface area (Å²) in [4.78, 5) is 51.5. The first-order valence-corrected chi connectivity index (χ1v) is 22.1. The fourth-order valence-electron chi connectivity index (χ4n) is 10.1. The second-order valence-corrected chi connectivity index (χ2v) is 18.9. The zero-order chi connectivity index (χ0) is 44.5. The Morgan fingerprint density at radius 3 is 1.48 bits per heavy atom. The molecule has 17 heteroatoms. The number of aromatic nitrogens is 6. The third kappa shape index (κ3) is 7.14. The van der Waals surface area contributed by atoms with Crippen molar-refractivity contribution < 1.29 is 31.5 Å². The first kappa shape index (κ1) is 40.1. The number of rotatable bonds is 3. The maximum atomic E-state index is 13.1. The number of hydrogen-bond donors (Lipinski definition) is 5. The van der Waals surface area contributed by atoms with Crippen LogP contribution in [0.4, 0.5) is 27.8 Å². The maximum absolute atomic E-state index is 13.1. The van der Waals surface area contributed by atoms with Crippen molar-refractivity contribution in [2.75, 3.05) is 31.1 Å². The molecule has 10 heterocycles. The molecule has 0 radical (unpaired) electrons. The van der Waals surface area contributed by atoms with Gasteiger partial charge in [0.1, 0.15) is 5.82 Å². The van der Waals surface area contributed by atoms with Gasteiger partial charge >= 0.3 is 0 Å². The number of fused-ring (bicyclic) bond motifs is 10. The summed E-state index contributed by atoms with van der Waals surface area (Å²) >= 11 is 0. The topological polar surface area (TPSA) is 157 Å². The van der Waals surface area contributed by atoms with Gasteiger partial charge in [0.2, 0.25) is 5.95 Å². The summed E-state index contributed by atoms with van der Waals surface area (Å²) < 4.78 is 62.4. The molecule has 0 atom stereocenters. The molecular weight excluding hydrogens is 844 g/mol. The van der Waals surface area contributed by atoms with E-state index in [1.807, 2.05) is 24.5 Å². The number of alkyl halides is 4. The number of amides is 2. The largest absolute Gasteiger partial charge is 0.357 e. The van der Waals surface area contributed by atoms with Gasteiger partial charge in [0, 0.05) is 82.3 Å². The lowest BCUT2D eigenvalue weighted by molar-refractivity contribution is -0.0476. The number of aromatic amines is 2. The zero-order valence-electron chi connectivity index (χ0n) is 35.1. The number of pyridine rings is 4. The van der Waals surface area contributed by atoms with Gasteiger partial charge in [-0.2, -0.15) is 4.39 Å². The quantitative estimate of drug-likeness (QED) is 0.0947. The average Bonchev–Trinajstić information content (AvgIpc) is 4.12. The van der Waals surface area contributed by atoms with Gasteiger partial charge in [-0.1, -0.05) is 0 Å². The van der Waals surface area contributed by atoms with Crippen LogP contribution in [-0.4, -0.2) is 90.8 Å². The van der Waals surface area contributed by atoms with Crippen molar-refractivity contribution in [3.8, 4) is 45.0 Å². The Morgan fingerprint density at radius 1 is 0.585 bits per heavy atom. The Labute approximate surface area is 369 Å². The van der Waals surface area contributed by atoms with E-state index in [9.17, 15) is 31.5 Å². The van der Waals surface area contributed by atoms with Crippen molar-refractivity contribution >= 4 is 17.6 Å². The van der Waals surface area contributed by atoms with Crippen LogP contribution in [0.3, 0.4) is 0 Å². The predicted octanol–water partition coefficient (Wildman–Crippen LogP) is 6.93. The van der Waals surface area contributed by atoms with Gasteiger partial charge in [0.05, 0.1) is 60.1 Å². The van der Waals surface area contributed by atoms with Crippen molar-refractivity contribution in [3.63, 3.8) is 0 Å². The molecule has 5 N–H and O–H groups in total. The van der Waals surface area contributed by atoms with Crippen LogP contribution in [0.1, 0.15) is 80.0 Å². The molecule has 12 nitrogen and oxygen atoms in total. The molecule has 8 aliphatic rings. The number of anilines is 1. The van der Waals surface area contributed by atoms with Crippen LogP contribution in [0.15, 0.2) is 61.2 Å². The molecule has 14 rings (SSSR count). The van der Waals surface area contributed by atoms with E-state index in [2.05, 4.69) is 51.9 Å². The number of hydrogen-bond acceptors (Lipinski definition) is 8. The molecule has 6 aromatic heterocycles. The van der Waals surface area contributed by atoms with Gasteiger partial charge in [-0.3, -0.25) is 19.6 Å². The summed E-state index contributed by atoms with van der Waals surface area (Å²) in [6, 6.07) is 10.7. The Morgan fingerprint density at radius 2 is 1.08 bits per heavy atom. The number of carbonyl (C=O) groups is 2. The van der Waals surface area contributed by atoms with Crippen molar-refractivity contribution in [1.82, 2.24) is 45.9 Å². The van der Waals surface area contributed by atoms with E-state index in [4.69, 9.17) is 0 Å². The van der Waals surface area contributed by atoms with E-state index < -0.39 is 17.8 Å². The Bertz CT molecular complexity index is 2940. The fourth-order valence-corrected chi connectivity index (χ4v) is 10.1. The van der Waals surface area contributed by atoms with Crippen LogP contribution in [0, 0.1) is 5.95 Å². The first-order valence-electron chi connectivity index (χ1n) is 22.1. The average molecular weight is 887 g/mol. The minimum absolute atomic E-state index is 0.0104. The number of H-pyrrole nitrogens is 2. The summed E-state index contributed by atoms with van der Waals surface area (Å²) in [7, 11) is 0. The molecule has 4 aliphatic carbocycles.